The predicted octanol–water partition coefficient (Wildman–Crippen LogP) is 2.89. The molecule has 5 nitrogen and oxygen atoms in total. The molecule has 1 saturated heterocycles. The van der Waals surface area contributed by atoms with E-state index in [4.69, 9.17) is 5.26 Å². The minimum absolute atomic E-state index is 0.0191. The number of hydrogen-bond acceptors (Lipinski definition) is 4. The van der Waals surface area contributed by atoms with E-state index in [0.29, 0.717) is 18.0 Å². The van der Waals surface area contributed by atoms with Crippen molar-refractivity contribution in [2.75, 3.05) is 19.6 Å². The summed E-state index contributed by atoms with van der Waals surface area (Å²) in [6.07, 6.45) is 2.09. The zero-order valence-electron chi connectivity index (χ0n) is 15.3. The summed E-state index contributed by atoms with van der Waals surface area (Å²) >= 11 is 0. The number of sulfonamides is 1. The fourth-order valence-electron chi connectivity index (χ4n) is 3.55. The van der Waals surface area contributed by atoms with Crippen LogP contribution in [0.5, 0.6) is 0 Å². The quantitative estimate of drug-likeness (QED) is 0.798. The van der Waals surface area contributed by atoms with E-state index in [9.17, 15) is 8.42 Å². The maximum Gasteiger partial charge on any atom is 0.215 e. The van der Waals surface area contributed by atoms with Crippen LogP contribution in [0.3, 0.4) is 0 Å². The van der Waals surface area contributed by atoms with Gasteiger partial charge in [0.05, 0.1) is 17.4 Å². The molecule has 27 heavy (non-hydrogen) atoms. The van der Waals surface area contributed by atoms with E-state index >= 15 is 0 Å². The lowest BCUT2D eigenvalue weighted by atomic mass is 9.98. The summed E-state index contributed by atoms with van der Waals surface area (Å²) in [5, 5.41) is 9.03. The lowest BCUT2D eigenvalue weighted by Gasteiger charge is -2.32. The van der Waals surface area contributed by atoms with E-state index in [1.807, 2.05) is 54.6 Å². The van der Waals surface area contributed by atoms with Crippen LogP contribution in [-0.4, -0.2) is 33.0 Å². The van der Waals surface area contributed by atoms with E-state index in [1.54, 1.807) is 0 Å². The summed E-state index contributed by atoms with van der Waals surface area (Å²) in [7, 11) is -3.32. The molecule has 1 aliphatic heterocycles. The van der Waals surface area contributed by atoms with Crippen LogP contribution in [0.4, 0.5) is 0 Å². The van der Waals surface area contributed by atoms with Gasteiger partial charge >= 0.3 is 0 Å². The summed E-state index contributed by atoms with van der Waals surface area (Å²) < 4.78 is 27.4. The van der Waals surface area contributed by atoms with Crippen molar-refractivity contribution in [2.24, 2.45) is 5.92 Å². The first-order valence-electron chi connectivity index (χ1n) is 9.27. The Morgan fingerprint density at radius 2 is 1.89 bits per heavy atom. The van der Waals surface area contributed by atoms with Crippen LogP contribution < -0.4 is 4.72 Å². The molecule has 1 aliphatic rings. The molecule has 0 spiro atoms. The molecule has 3 rings (SSSR count). The number of likely N-dealkylation sites (tertiary alicyclic amines) is 1. The summed E-state index contributed by atoms with van der Waals surface area (Å²) in [5.41, 5.74) is 2.60. The molecule has 6 heteroatoms. The van der Waals surface area contributed by atoms with Gasteiger partial charge in [0, 0.05) is 19.6 Å². The number of nitrogens with zero attached hydrogens (tertiary/aromatic N) is 2. The minimum Gasteiger partial charge on any atom is -0.299 e. The average Bonchev–Trinajstić information content (AvgIpc) is 2.67. The van der Waals surface area contributed by atoms with Gasteiger partial charge in [-0.2, -0.15) is 5.26 Å². The van der Waals surface area contributed by atoms with Crippen molar-refractivity contribution in [3.8, 4) is 6.07 Å². The van der Waals surface area contributed by atoms with Crippen molar-refractivity contribution in [1.82, 2.24) is 9.62 Å². The Morgan fingerprint density at radius 3 is 2.67 bits per heavy atom. The number of benzene rings is 2. The molecule has 0 aliphatic carbocycles. The lowest BCUT2D eigenvalue weighted by Crippen LogP contribution is -2.40. The highest BCUT2D eigenvalue weighted by Gasteiger charge is 2.22. The van der Waals surface area contributed by atoms with Crippen LogP contribution in [0.2, 0.25) is 0 Å². The maximum absolute atomic E-state index is 12.3. The van der Waals surface area contributed by atoms with Crippen molar-refractivity contribution < 1.29 is 8.42 Å². The average molecular weight is 384 g/mol. The van der Waals surface area contributed by atoms with Crippen LogP contribution in [-0.2, 0) is 22.3 Å². The Kier molecular flexibility index (Phi) is 6.62. The van der Waals surface area contributed by atoms with Gasteiger partial charge in [-0.25, -0.2) is 13.1 Å². The Balaban J connectivity index is 1.51. The van der Waals surface area contributed by atoms with E-state index in [-0.39, 0.29) is 5.75 Å². The number of nitrogens with one attached hydrogen (secondary N) is 1. The molecule has 142 valence electrons. The van der Waals surface area contributed by atoms with Crippen molar-refractivity contribution in [1.29, 1.82) is 5.26 Å². The summed E-state index contributed by atoms with van der Waals surface area (Å²) in [6.45, 7) is 3.14. The van der Waals surface area contributed by atoms with E-state index in [2.05, 4.69) is 15.7 Å². The van der Waals surface area contributed by atoms with Crippen molar-refractivity contribution in [2.45, 2.75) is 25.1 Å². The molecule has 1 fully saturated rings. The maximum atomic E-state index is 12.3. The van der Waals surface area contributed by atoms with E-state index < -0.39 is 10.0 Å². The van der Waals surface area contributed by atoms with Gasteiger partial charge in [-0.3, -0.25) is 4.90 Å². The van der Waals surface area contributed by atoms with Crippen molar-refractivity contribution in [3.05, 3.63) is 71.3 Å². The molecular weight excluding hydrogens is 358 g/mol. The van der Waals surface area contributed by atoms with Crippen molar-refractivity contribution >= 4 is 10.0 Å². The van der Waals surface area contributed by atoms with E-state index in [0.717, 1.165) is 43.6 Å². The Morgan fingerprint density at radius 1 is 1.11 bits per heavy atom. The molecule has 2 aromatic carbocycles. The van der Waals surface area contributed by atoms with Crippen LogP contribution in [0.25, 0.3) is 0 Å². The van der Waals surface area contributed by atoms with Gasteiger partial charge in [-0.1, -0.05) is 42.5 Å². The van der Waals surface area contributed by atoms with Crippen molar-refractivity contribution in [3.63, 3.8) is 0 Å². The zero-order valence-corrected chi connectivity index (χ0v) is 16.2. The fraction of sp³-hybridized carbons (Fsp3) is 0.381. The highest BCUT2D eigenvalue weighted by atomic mass is 32.2. The van der Waals surface area contributed by atoms with Gasteiger partial charge in [0.1, 0.15) is 0 Å². The van der Waals surface area contributed by atoms with Gasteiger partial charge in [-0.15, -0.1) is 0 Å². The zero-order chi connectivity index (χ0) is 19.1. The van der Waals surface area contributed by atoms with Gasteiger partial charge in [0.15, 0.2) is 0 Å². The summed E-state index contributed by atoms with van der Waals surface area (Å²) in [4.78, 5) is 2.34. The monoisotopic (exact) mass is 383 g/mol. The molecule has 0 aromatic heterocycles. The molecular formula is C21H25N3O2S. The number of piperidine rings is 1. The first-order chi connectivity index (χ1) is 13.0. The molecule has 1 heterocycles. The molecule has 1 atom stereocenters. The Hall–Kier alpha value is -2.20. The third-order valence-electron chi connectivity index (χ3n) is 4.86. The topological polar surface area (TPSA) is 73.2 Å². The van der Waals surface area contributed by atoms with Crippen LogP contribution in [0, 0.1) is 17.2 Å². The third-order valence-corrected chi connectivity index (χ3v) is 6.18. The Labute approximate surface area is 161 Å². The molecule has 2 aromatic rings. The largest absolute Gasteiger partial charge is 0.299 e. The second kappa shape index (κ2) is 9.14. The SMILES string of the molecule is N#Cc1cccc(CN2CCC[C@H](CNS(=O)(=O)Cc3ccccc3)C2)c1. The molecule has 0 unspecified atom stereocenters. The second-order valence-corrected chi connectivity index (χ2v) is 8.96. The molecule has 0 radical (unpaired) electrons. The minimum atomic E-state index is -3.32. The molecule has 0 amide bonds. The normalized spacial score (nSPS) is 18.1. The Bertz CT molecular complexity index is 891. The first-order valence-corrected chi connectivity index (χ1v) is 10.9. The van der Waals surface area contributed by atoms with Gasteiger partial charge in [0.25, 0.3) is 0 Å². The highest BCUT2D eigenvalue weighted by molar-refractivity contribution is 7.88. The number of rotatable bonds is 7. The first kappa shape index (κ1) is 19.6. The lowest BCUT2D eigenvalue weighted by molar-refractivity contribution is 0.169. The van der Waals surface area contributed by atoms with Crippen LogP contribution in [0.15, 0.2) is 54.6 Å². The predicted molar refractivity (Wildman–Crippen MR) is 106 cm³/mol. The highest BCUT2D eigenvalue weighted by Crippen LogP contribution is 2.19. The smallest absolute Gasteiger partial charge is 0.215 e. The van der Waals surface area contributed by atoms with Gasteiger partial charge in [-0.05, 0) is 48.6 Å². The van der Waals surface area contributed by atoms with Gasteiger partial charge < -0.3 is 0 Å². The fourth-order valence-corrected chi connectivity index (χ4v) is 4.77. The summed E-state index contributed by atoms with van der Waals surface area (Å²) in [5.74, 6) is 0.328. The molecule has 1 N–H and O–H groups in total. The molecule has 0 saturated carbocycles. The van der Waals surface area contributed by atoms with E-state index in [1.165, 1.54) is 0 Å². The standard InChI is InChI=1S/C21H25N3O2S/c22-13-19-8-4-9-20(12-19)15-24-11-5-10-21(16-24)14-23-27(25,26)17-18-6-2-1-3-7-18/h1-4,6-9,12,21,23H,5,10-11,14-17H2/t21-/m1/s1. The second-order valence-electron chi connectivity index (χ2n) is 7.15. The third kappa shape index (κ3) is 6.17. The summed E-state index contributed by atoms with van der Waals surface area (Å²) in [6, 6.07) is 19.1. The molecule has 0 bridgehead atoms. The van der Waals surface area contributed by atoms with Crippen LogP contribution in [0.1, 0.15) is 29.5 Å². The number of hydrogen-bond donors (Lipinski definition) is 1. The van der Waals surface area contributed by atoms with Crippen LogP contribution >= 0.6 is 0 Å². The van der Waals surface area contributed by atoms with Gasteiger partial charge in [0.2, 0.25) is 10.0 Å². The number of nitriles is 1.